The van der Waals surface area contributed by atoms with E-state index in [1.165, 1.54) is 22.2 Å². The van der Waals surface area contributed by atoms with Crippen LogP contribution < -0.4 is 10.6 Å². The van der Waals surface area contributed by atoms with Crippen LogP contribution in [0.3, 0.4) is 0 Å². The monoisotopic (exact) mass is 673 g/mol. The minimum atomic E-state index is -1.35. The molecule has 3 atom stereocenters. The Kier molecular flexibility index (Phi) is 14.1. The molecule has 0 saturated carbocycles. The molecule has 1 aliphatic heterocycles. The van der Waals surface area contributed by atoms with Gasteiger partial charge in [-0.15, -0.1) is 11.8 Å². The number of nitrogens with zero attached hydrogens (tertiary/aromatic N) is 1. The lowest BCUT2D eigenvalue weighted by molar-refractivity contribution is -0.160. The third-order valence-electron chi connectivity index (χ3n) is 7.79. The van der Waals surface area contributed by atoms with E-state index >= 15 is 0 Å². The average Bonchev–Trinajstić information content (AvgIpc) is 3.56. The summed E-state index contributed by atoms with van der Waals surface area (Å²) in [5.74, 6) is -3.77. The summed E-state index contributed by atoms with van der Waals surface area (Å²) in [4.78, 5) is 67.8. The number of esters is 1. The van der Waals surface area contributed by atoms with E-state index in [1.807, 2.05) is 54.6 Å². The Bertz CT molecular complexity index is 1510. The van der Waals surface area contributed by atoms with Crippen molar-refractivity contribution in [2.75, 3.05) is 11.6 Å². The van der Waals surface area contributed by atoms with Crippen molar-refractivity contribution in [2.24, 2.45) is 5.92 Å². The van der Waals surface area contributed by atoms with Crippen LogP contribution in [0.15, 0.2) is 91.0 Å². The predicted molar refractivity (Wildman–Crippen MR) is 184 cm³/mol. The summed E-state index contributed by atoms with van der Waals surface area (Å²) >= 11 is 1.44. The molecule has 0 bridgehead atoms. The van der Waals surface area contributed by atoms with E-state index in [9.17, 15) is 24.0 Å². The van der Waals surface area contributed by atoms with Gasteiger partial charge in [0.05, 0.1) is 12.0 Å². The Morgan fingerprint density at radius 2 is 1.44 bits per heavy atom. The summed E-state index contributed by atoms with van der Waals surface area (Å²) in [5.41, 5.74) is 2.70. The van der Waals surface area contributed by atoms with E-state index < -0.39 is 48.0 Å². The topological polar surface area (TPSA) is 131 Å². The minimum absolute atomic E-state index is 0.00857. The summed E-state index contributed by atoms with van der Waals surface area (Å²) in [7, 11) is 0. The van der Waals surface area contributed by atoms with Gasteiger partial charge in [0, 0.05) is 5.75 Å². The van der Waals surface area contributed by atoms with E-state index in [0.29, 0.717) is 24.2 Å². The predicted octanol–water partition coefficient (Wildman–Crippen LogP) is 5.05. The number of thioether (sulfide) groups is 1. The zero-order valence-corrected chi connectivity index (χ0v) is 28.2. The molecule has 1 fully saturated rings. The Hall–Kier alpha value is -4.64. The molecule has 3 aromatic carbocycles. The largest absolute Gasteiger partial charge is 0.457 e. The number of ketones is 1. The quantitative estimate of drug-likeness (QED) is 0.0936. The van der Waals surface area contributed by atoms with Gasteiger partial charge in [0.1, 0.15) is 24.7 Å². The van der Waals surface area contributed by atoms with Crippen LogP contribution in [0.2, 0.25) is 0 Å². The molecule has 48 heavy (non-hydrogen) atoms. The van der Waals surface area contributed by atoms with Crippen molar-refractivity contribution in [2.45, 2.75) is 70.9 Å². The second kappa shape index (κ2) is 18.6. The van der Waals surface area contributed by atoms with Gasteiger partial charge in [0.2, 0.25) is 11.8 Å². The SMILES string of the molecule is CC(C)OC(=O)C(=O)[C@H](Cc1ccccc1)C(=O)N[C@H]1CSCN1C(=O)[C@@H](CCCCc1ccccc1)NC(=O)OCc1ccccc1. The maximum Gasteiger partial charge on any atom is 0.408 e. The summed E-state index contributed by atoms with van der Waals surface area (Å²) in [5, 5.41) is 5.59. The van der Waals surface area contributed by atoms with Crippen molar-refractivity contribution >= 4 is 41.4 Å². The third-order valence-corrected chi connectivity index (χ3v) is 8.80. The number of nitrogens with one attached hydrogen (secondary N) is 2. The summed E-state index contributed by atoms with van der Waals surface area (Å²) in [6.07, 6.45) is 0.649. The maximum atomic E-state index is 14.0. The number of carbonyl (C=O) groups is 5. The van der Waals surface area contributed by atoms with Gasteiger partial charge in [0.25, 0.3) is 5.78 Å². The van der Waals surface area contributed by atoms with E-state index in [0.717, 1.165) is 18.4 Å². The van der Waals surface area contributed by atoms with Crippen LogP contribution in [0, 0.1) is 5.92 Å². The highest BCUT2D eigenvalue weighted by Gasteiger charge is 2.39. The lowest BCUT2D eigenvalue weighted by Crippen LogP contribution is -2.56. The highest BCUT2D eigenvalue weighted by molar-refractivity contribution is 7.99. The standard InChI is InChI=1S/C37H43N3O7S/c1-26(2)47-36(44)33(41)30(22-28-17-8-4-9-18-28)34(42)39-32-24-48-25-40(32)35(43)31(21-13-12-16-27-14-6-3-7-15-27)38-37(45)46-23-29-19-10-5-11-20-29/h3-11,14-15,17-20,26,30-32H,12-13,16,21-25H2,1-2H3,(H,38,45)(H,39,42)/t30-,31+,32+/m0/s1. The van der Waals surface area contributed by atoms with Crippen LogP contribution >= 0.6 is 11.8 Å². The highest BCUT2D eigenvalue weighted by atomic mass is 32.2. The van der Waals surface area contributed by atoms with Gasteiger partial charge in [-0.2, -0.15) is 0 Å². The molecule has 0 unspecified atom stereocenters. The van der Waals surface area contributed by atoms with Crippen LogP contribution in [0.25, 0.3) is 0 Å². The zero-order chi connectivity index (χ0) is 34.3. The van der Waals surface area contributed by atoms with E-state index in [1.54, 1.807) is 38.1 Å². The molecule has 0 aliphatic carbocycles. The number of unbranched alkanes of at least 4 members (excludes halogenated alkanes) is 1. The molecule has 4 rings (SSSR count). The molecule has 3 aromatic rings. The Labute approximate surface area is 285 Å². The lowest BCUT2D eigenvalue weighted by atomic mass is 9.94. The first-order valence-corrected chi connectivity index (χ1v) is 17.3. The van der Waals surface area contributed by atoms with E-state index in [4.69, 9.17) is 9.47 Å². The van der Waals surface area contributed by atoms with Crippen molar-refractivity contribution in [3.8, 4) is 0 Å². The number of ether oxygens (including phenoxy) is 2. The van der Waals surface area contributed by atoms with Crippen molar-refractivity contribution in [3.63, 3.8) is 0 Å². The summed E-state index contributed by atoms with van der Waals surface area (Å²) in [6, 6.07) is 27.3. The minimum Gasteiger partial charge on any atom is -0.457 e. The fourth-order valence-electron chi connectivity index (χ4n) is 5.30. The van der Waals surface area contributed by atoms with Gasteiger partial charge in [-0.25, -0.2) is 9.59 Å². The Balaban J connectivity index is 1.44. The van der Waals surface area contributed by atoms with Crippen LogP contribution in [-0.2, 0) is 48.1 Å². The molecule has 0 aromatic heterocycles. The number of Topliss-reactive ketones (excluding diaryl/α,β-unsaturated/α-hetero) is 1. The lowest BCUT2D eigenvalue weighted by Gasteiger charge is -2.30. The van der Waals surface area contributed by atoms with Gasteiger partial charge >= 0.3 is 12.1 Å². The third kappa shape index (κ3) is 11.3. The molecule has 11 heteroatoms. The number of rotatable bonds is 16. The Morgan fingerprint density at radius 1 is 0.833 bits per heavy atom. The smallest absolute Gasteiger partial charge is 0.408 e. The number of carbonyl (C=O) groups excluding carboxylic acids is 5. The number of alkyl carbamates (subject to hydrolysis) is 1. The van der Waals surface area contributed by atoms with Gasteiger partial charge in [-0.3, -0.25) is 14.4 Å². The van der Waals surface area contributed by atoms with Crippen LogP contribution in [0.5, 0.6) is 0 Å². The number of hydrogen-bond acceptors (Lipinski definition) is 8. The molecular formula is C37H43N3O7S. The zero-order valence-electron chi connectivity index (χ0n) is 27.3. The van der Waals surface area contributed by atoms with Crippen LogP contribution in [0.1, 0.15) is 49.8 Å². The van der Waals surface area contributed by atoms with Gasteiger partial charge in [-0.1, -0.05) is 97.4 Å². The number of hydrogen-bond donors (Lipinski definition) is 2. The second-order valence-electron chi connectivity index (χ2n) is 11.9. The second-order valence-corrected chi connectivity index (χ2v) is 12.9. The first-order chi connectivity index (χ1) is 23.2. The molecule has 0 spiro atoms. The molecule has 254 valence electrons. The maximum absolute atomic E-state index is 14.0. The van der Waals surface area contributed by atoms with Crippen molar-refractivity contribution in [1.82, 2.24) is 15.5 Å². The van der Waals surface area contributed by atoms with Crippen LogP contribution in [0.4, 0.5) is 4.79 Å². The van der Waals surface area contributed by atoms with E-state index in [2.05, 4.69) is 22.8 Å². The van der Waals surface area contributed by atoms with Crippen LogP contribution in [-0.4, -0.2) is 64.5 Å². The molecule has 2 N–H and O–H groups in total. The van der Waals surface area contributed by atoms with Crippen molar-refractivity contribution in [3.05, 3.63) is 108 Å². The Morgan fingerprint density at radius 3 is 2.06 bits per heavy atom. The molecule has 1 saturated heterocycles. The number of benzene rings is 3. The fourth-order valence-corrected chi connectivity index (χ4v) is 6.40. The first-order valence-electron chi connectivity index (χ1n) is 16.2. The number of aryl methyl sites for hydroxylation is 1. The van der Waals surface area contributed by atoms with Gasteiger partial charge < -0.3 is 25.0 Å². The molecule has 1 heterocycles. The molecule has 10 nitrogen and oxygen atoms in total. The normalized spacial score (nSPS) is 15.3. The first kappa shape index (κ1) is 36.2. The van der Waals surface area contributed by atoms with Crippen molar-refractivity contribution in [1.29, 1.82) is 0 Å². The van der Waals surface area contributed by atoms with Gasteiger partial charge in [0.15, 0.2) is 0 Å². The van der Waals surface area contributed by atoms with E-state index in [-0.39, 0.29) is 24.8 Å². The fraction of sp³-hybridized carbons (Fsp3) is 0.378. The van der Waals surface area contributed by atoms with Gasteiger partial charge in [-0.05, 0) is 56.2 Å². The number of amides is 3. The molecule has 0 radical (unpaired) electrons. The average molecular weight is 674 g/mol. The summed E-state index contributed by atoms with van der Waals surface area (Å²) < 4.78 is 10.5. The highest BCUT2D eigenvalue weighted by Crippen LogP contribution is 2.23. The molecule has 3 amide bonds. The molecule has 1 aliphatic rings. The molecular weight excluding hydrogens is 630 g/mol. The van der Waals surface area contributed by atoms with Crippen molar-refractivity contribution < 1.29 is 33.4 Å². The summed E-state index contributed by atoms with van der Waals surface area (Å²) in [6.45, 7) is 3.30.